The van der Waals surface area contributed by atoms with E-state index in [9.17, 15) is 0 Å². The number of benzene rings is 1. The van der Waals surface area contributed by atoms with Gasteiger partial charge >= 0.3 is 0 Å². The molecule has 0 saturated carbocycles. The van der Waals surface area contributed by atoms with Crippen LogP contribution < -0.4 is 0 Å². The van der Waals surface area contributed by atoms with Crippen LogP contribution in [-0.4, -0.2) is 4.98 Å². The molecule has 3 rings (SSSR count). The number of H-pyrrole nitrogens is 1. The summed E-state index contributed by atoms with van der Waals surface area (Å²) in [6, 6.07) is 8.43. The molecule has 0 fully saturated rings. The number of pyridine rings is 1. The summed E-state index contributed by atoms with van der Waals surface area (Å²) in [6.07, 6.45) is 3.59. The van der Waals surface area contributed by atoms with Crippen LogP contribution in [0.3, 0.4) is 0 Å². The summed E-state index contributed by atoms with van der Waals surface area (Å²) in [5, 5.41) is 1.36. The maximum atomic E-state index is 5.35. The smallest absolute Gasteiger partial charge is 0.107 e. The molecule has 0 bridgehead atoms. The van der Waals surface area contributed by atoms with Gasteiger partial charge in [-0.3, -0.25) is 0 Å². The van der Waals surface area contributed by atoms with Crippen LogP contribution in [0.1, 0.15) is 17.5 Å². The fraction of sp³-hybridized carbons (Fsp3) is 0.250. The molecule has 70 valence electrons. The quantitative estimate of drug-likeness (QED) is 0.646. The highest BCUT2D eigenvalue weighted by atomic mass is 32.1. The topological polar surface area (TPSA) is 15.8 Å². The normalized spacial score (nSPS) is 14.6. The van der Waals surface area contributed by atoms with E-state index < -0.39 is 0 Å². The summed E-state index contributed by atoms with van der Waals surface area (Å²) in [6.45, 7) is 0. The number of hydrogen-bond acceptors (Lipinski definition) is 1. The van der Waals surface area contributed by atoms with Crippen molar-refractivity contribution in [1.29, 1.82) is 0 Å². The minimum absolute atomic E-state index is 0.941. The predicted molar refractivity (Wildman–Crippen MR) is 61.2 cm³/mol. The molecule has 0 atom stereocenters. The van der Waals surface area contributed by atoms with Gasteiger partial charge < -0.3 is 4.98 Å². The van der Waals surface area contributed by atoms with Gasteiger partial charge in [0, 0.05) is 10.9 Å². The first-order chi connectivity index (χ1) is 6.86. The van der Waals surface area contributed by atoms with Gasteiger partial charge in [0.25, 0.3) is 0 Å². The largest absolute Gasteiger partial charge is 0.346 e. The van der Waals surface area contributed by atoms with Gasteiger partial charge in [-0.25, -0.2) is 0 Å². The van der Waals surface area contributed by atoms with Crippen molar-refractivity contribution in [3.63, 3.8) is 0 Å². The SMILES string of the molecule is S=c1[nH]c2ccccc2c2c1CCC2. The van der Waals surface area contributed by atoms with Gasteiger partial charge in [-0.05, 0) is 36.5 Å². The fourth-order valence-electron chi connectivity index (χ4n) is 2.34. The van der Waals surface area contributed by atoms with Gasteiger partial charge in [-0.15, -0.1) is 0 Å². The molecule has 2 aromatic rings. The van der Waals surface area contributed by atoms with E-state index in [2.05, 4.69) is 29.2 Å². The Hall–Kier alpha value is -1.15. The van der Waals surface area contributed by atoms with Gasteiger partial charge in [0.15, 0.2) is 0 Å². The number of aromatic amines is 1. The summed E-state index contributed by atoms with van der Waals surface area (Å²) in [5.41, 5.74) is 4.03. The Bertz CT molecular complexity index is 554. The number of hydrogen-bond donors (Lipinski definition) is 1. The number of aryl methyl sites for hydroxylation is 1. The average Bonchev–Trinajstić information content (AvgIpc) is 2.67. The summed E-state index contributed by atoms with van der Waals surface area (Å²) in [4.78, 5) is 3.30. The van der Waals surface area contributed by atoms with Gasteiger partial charge in [-0.1, -0.05) is 30.4 Å². The second kappa shape index (κ2) is 2.92. The summed E-state index contributed by atoms with van der Waals surface area (Å²) in [7, 11) is 0. The van der Waals surface area contributed by atoms with Crippen molar-refractivity contribution in [3.05, 3.63) is 40.0 Å². The zero-order valence-electron chi connectivity index (χ0n) is 7.84. The van der Waals surface area contributed by atoms with Gasteiger partial charge in [0.05, 0.1) is 0 Å². The molecule has 0 aliphatic heterocycles. The third-order valence-corrected chi connectivity index (χ3v) is 3.34. The van der Waals surface area contributed by atoms with E-state index >= 15 is 0 Å². The Kier molecular flexibility index (Phi) is 1.71. The molecule has 1 nitrogen and oxygen atoms in total. The predicted octanol–water partition coefficient (Wildman–Crippen LogP) is 3.39. The molecular formula is C12H11NS. The van der Waals surface area contributed by atoms with E-state index in [1.807, 2.05) is 0 Å². The Morgan fingerprint density at radius 2 is 1.86 bits per heavy atom. The second-order valence-corrected chi connectivity index (χ2v) is 4.22. The highest BCUT2D eigenvalue weighted by molar-refractivity contribution is 7.71. The molecule has 1 aromatic heterocycles. The number of para-hydroxylation sites is 1. The highest BCUT2D eigenvalue weighted by Gasteiger charge is 2.15. The van der Waals surface area contributed by atoms with E-state index in [4.69, 9.17) is 12.2 Å². The van der Waals surface area contributed by atoms with Crippen LogP contribution in [0.2, 0.25) is 0 Å². The Morgan fingerprint density at radius 3 is 2.79 bits per heavy atom. The fourth-order valence-corrected chi connectivity index (χ4v) is 2.68. The molecule has 1 aliphatic carbocycles. The monoisotopic (exact) mass is 201 g/mol. The zero-order valence-corrected chi connectivity index (χ0v) is 8.66. The highest BCUT2D eigenvalue weighted by Crippen LogP contribution is 2.28. The van der Waals surface area contributed by atoms with Crippen molar-refractivity contribution in [2.24, 2.45) is 0 Å². The third kappa shape index (κ3) is 1.04. The van der Waals surface area contributed by atoms with E-state index in [0.717, 1.165) is 11.1 Å². The lowest BCUT2D eigenvalue weighted by Crippen LogP contribution is -1.90. The lowest BCUT2D eigenvalue weighted by Gasteiger charge is -2.05. The zero-order chi connectivity index (χ0) is 9.54. The minimum Gasteiger partial charge on any atom is -0.346 e. The first-order valence-corrected chi connectivity index (χ1v) is 5.40. The molecule has 0 amide bonds. The van der Waals surface area contributed by atoms with Crippen molar-refractivity contribution in [1.82, 2.24) is 4.98 Å². The molecule has 1 aromatic carbocycles. The molecule has 0 spiro atoms. The van der Waals surface area contributed by atoms with Crippen LogP contribution in [0.25, 0.3) is 10.9 Å². The van der Waals surface area contributed by atoms with Crippen molar-refractivity contribution < 1.29 is 0 Å². The lowest BCUT2D eigenvalue weighted by molar-refractivity contribution is 0.911. The van der Waals surface area contributed by atoms with E-state index in [-0.39, 0.29) is 0 Å². The minimum atomic E-state index is 0.941. The maximum Gasteiger partial charge on any atom is 0.107 e. The molecule has 0 unspecified atom stereocenters. The molecule has 1 N–H and O–H groups in total. The number of rotatable bonds is 0. The number of nitrogens with one attached hydrogen (secondary N) is 1. The summed E-state index contributed by atoms with van der Waals surface area (Å²) < 4.78 is 0.941. The second-order valence-electron chi connectivity index (χ2n) is 3.81. The van der Waals surface area contributed by atoms with Crippen LogP contribution in [0.4, 0.5) is 0 Å². The van der Waals surface area contributed by atoms with Crippen LogP contribution >= 0.6 is 12.2 Å². The van der Waals surface area contributed by atoms with E-state index in [0.29, 0.717) is 0 Å². The number of aromatic nitrogens is 1. The summed E-state index contributed by atoms with van der Waals surface area (Å²) >= 11 is 5.35. The van der Waals surface area contributed by atoms with Crippen LogP contribution in [0.5, 0.6) is 0 Å². The Morgan fingerprint density at radius 1 is 1.07 bits per heavy atom. The van der Waals surface area contributed by atoms with Crippen molar-refractivity contribution in [3.8, 4) is 0 Å². The third-order valence-electron chi connectivity index (χ3n) is 2.99. The van der Waals surface area contributed by atoms with Gasteiger partial charge in [-0.2, -0.15) is 0 Å². The number of fused-ring (bicyclic) bond motifs is 3. The first-order valence-electron chi connectivity index (χ1n) is 4.99. The lowest BCUT2D eigenvalue weighted by atomic mass is 10.1. The Labute approximate surface area is 87.8 Å². The molecule has 0 saturated heterocycles. The van der Waals surface area contributed by atoms with Gasteiger partial charge in [0.2, 0.25) is 0 Å². The van der Waals surface area contributed by atoms with Crippen molar-refractivity contribution in [2.45, 2.75) is 19.3 Å². The van der Waals surface area contributed by atoms with Crippen LogP contribution in [-0.2, 0) is 12.8 Å². The van der Waals surface area contributed by atoms with Crippen molar-refractivity contribution in [2.75, 3.05) is 0 Å². The first kappa shape index (κ1) is 8.18. The van der Waals surface area contributed by atoms with Crippen LogP contribution in [0, 0.1) is 4.64 Å². The standard InChI is InChI=1S/C12H11NS/c14-12-10-6-3-5-8(10)9-4-1-2-7-11(9)13-12/h1-2,4,7H,3,5-6H2,(H,13,14). The van der Waals surface area contributed by atoms with E-state index in [1.54, 1.807) is 0 Å². The molecule has 2 heteroatoms. The van der Waals surface area contributed by atoms with E-state index in [1.165, 1.54) is 34.9 Å². The Balaban J connectivity index is 2.52. The molecule has 1 heterocycles. The molecular weight excluding hydrogens is 190 g/mol. The van der Waals surface area contributed by atoms with Crippen LogP contribution in [0.15, 0.2) is 24.3 Å². The molecule has 0 radical (unpaired) electrons. The van der Waals surface area contributed by atoms with Gasteiger partial charge in [0.1, 0.15) is 4.64 Å². The molecule has 14 heavy (non-hydrogen) atoms. The maximum absolute atomic E-state index is 5.35. The summed E-state index contributed by atoms with van der Waals surface area (Å²) in [5.74, 6) is 0. The van der Waals surface area contributed by atoms with Crippen molar-refractivity contribution >= 4 is 23.1 Å². The molecule has 1 aliphatic rings. The average molecular weight is 201 g/mol.